The number of rotatable bonds is 4. The monoisotopic (exact) mass is 251 g/mol. The molecule has 2 N–H and O–H groups in total. The maximum Gasteiger partial charge on any atom is 0.309 e. The lowest BCUT2D eigenvalue weighted by Crippen LogP contribution is -2.05. The van der Waals surface area contributed by atoms with Gasteiger partial charge in [0.1, 0.15) is 5.75 Å². The summed E-state index contributed by atoms with van der Waals surface area (Å²) in [6.45, 7) is 0. The highest BCUT2D eigenvalue weighted by atomic mass is 35.5. The summed E-state index contributed by atoms with van der Waals surface area (Å²) in [5.41, 5.74) is -0.836. The minimum Gasteiger partial charge on any atom is -0.506 e. The number of hydrogen-bond donors (Lipinski definition) is 2. The number of nitrogens with zero attached hydrogens (tertiary/aromatic N) is 1. The SMILES string of the molecule is O=C(O)Cc1ncc(C(F)F)c(CCl)c1O. The number of hydrogen-bond acceptors (Lipinski definition) is 3. The molecular formula is C9H8ClF2NO3. The third-order valence-corrected chi connectivity index (χ3v) is 2.22. The van der Waals surface area contributed by atoms with Crippen molar-refractivity contribution in [2.75, 3.05) is 0 Å². The number of aromatic nitrogens is 1. The standard InChI is InChI=1S/C9H8ClF2NO3/c10-2-4-5(9(11)12)3-13-6(8(4)16)1-7(14)15/h3,9,16H,1-2H2,(H,14,15). The second-order valence-corrected chi connectivity index (χ2v) is 3.26. The fourth-order valence-corrected chi connectivity index (χ4v) is 1.48. The van der Waals surface area contributed by atoms with Crippen LogP contribution in [0.3, 0.4) is 0 Å². The lowest BCUT2D eigenvalue weighted by molar-refractivity contribution is -0.136. The molecule has 0 aliphatic carbocycles. The van der Waals surface area contributed by atoms with Gasteiger partial charge in [0.05, 0.1) is 18.0 Å². The van der Waals surface area contributed by atoms with Crippen LogP contribution in [-0.2, 0) is 17.1 Å². The number of halogens is 3. The summed E-state index contributed by atoms with van der Waals surface area (Å²) in [7, 11) is 0. The highest BCUT2D eigenvalue weighted by molar-refractivity contribution is 6.17. The molecule has 0 saturated carbocycles. The highest BCUT2D eigenvalue weighted by Crippen LogP contribution is 2.32. The first-order valence-corrected chi connectivity index (χ1v) is 4.76. The van der Waals surface area contributed by atoms with Crippen molar-refractivity contribution in [3.05, 3.63) is 23.0 Å². The van der Waals surface area contributed by atoms with Crippen molar-refractivity contribution in [2.24, 2.45) is 0 Å². The van der Waals surface area contributed by atoms with Crippen molar-refractivity contribution in [1.29, 1.82) is 0 Å². The second kappa shape index (κ2) is 5.07. The molecule has 0 aromatic carbocycles. The molecule has 0 amide bonds. The van der Waals surface area contributed by atoms with Crippen LogP contribution < -0.4 is 0 Å². The average molecular weight is 252 g/mol. The Morgan fingerprint density at radius 1 is 1.56 bits per heavy atom. The van der Waals surface area contributed by atoms with Crippen LogP contribution in [0.2, 0.25) is 0 Å². The summed E-state index contributed by atoms with van der Waals surface area (Å²) in [6.07, 6.45) is -2.52. The van der Waals surface area contributed by atoms with Gasteiger partial charge in [-0.15, -0.1) is 11.6 Å². The number of carboxylic acid groups (broad SMARTS) is 1. The van der Waals surface area contributed by atoms with Crippen LogP contribution in [0.5, 0.6) is 5.75 Å². The van der Waals surface area contributed by atoms with Crippen LogP contribution in [0.4, 0.5) is 8.78 Å². The summed E-state index contributed by atoms with van der Waals surface area (Å²) in [6, 6.07) is 0. The molecule has 0 saturated heterocycles. The number of carbonyl (C=O) groups is 1. The smallest absolute Gasteiger partial charge is 0.309 e. The van der Waals surface area contributed by atoms with Gasteiger partial charge >= 0.3 is 5.97 Å². The summed E-state index contributed by atoms with van der Waals surface area (Å²) < 4.78 is 24.9. The van der Waals surface area contributed by atoms with Crippen LogP contribution in [0, 0.1) is 0 Å². The fraction of sp³-hybridized carbons (Fsp3) is 0.333. The molecule has 0 bridgehead atoms. The molecule has 88 valence electrons. The third-order valence-electron chi connectivity index (χ3n) is 1.95. The molecule has 16 heavy (non-hydrogen) atoms. The van der Waals surface area contributed by atoms with Gasteiger partial charge in [0.25, 0.3) is 6.43 Å². The Labute approximate surface area is 94.5 Å². The van der Waals surface area contributed by atoms with Crippen LogP contribution in [-0.4, -0.2) is 21.2 Å². The van der Waals surface area contributed by atoms with Crippen LogP contribution in [0.1, 0.15) is 23.2 Å². The summed E-state index contributed by atoms with van der Waals surface area (Å²) in [5.74, 6) is -2.12. The minimum atomic E-state index is -2.81. The molecule has 0 fully saturated rings. The normalized spacial score (nSPS) is 10.8. The minimum absolute atomic E-state index is 0.174. The van der Waals surface area contributed by atoms with Gasteiger partial charge in [0.15, 0.2) is 0 Å². The van der Waals surface area contributed by atoms with E-state index < -0.39 is 30.1 Å². The van der Waals surface area contributed by atoms with E-state index in [-0.39, 0.29) is 17.1 Å². The second-order valence-electron chi connectivity index (χ2n) is 2.99. The molecule has 0 aliphatic rings. The predicted molar refractivity (Wildman–Crippen MR) is 51.8 cm³/mol. The number of aliphatic carboxylic acids is 1. The molecule has 1 rings (SSSR count). The summed E-state index contributed by atoms with van der Waals surface area (Å²) in [5, 5.41) is 18.0. The number of pyridine rings is 1. The van der Waals surface area contributed by atoms with Gasteiger partial charge in [-0.1, -0.05) is 0 Å². The van der Waals surface area contributed by atoms with Crippen LogP contribution in [0.25, 0.3) is 0 Å². The Balaban J connectivity index is 3.23. The van der Waals surface area contributed by atoms with E-state index in [1.807, 2.05) is 0 Å². The zero-order chi connectivity index (χ0) is 12.3. The van der Waals surface area contributed by atoms with E-state index in [1.54, 1.807) is 0 Å². The van der Waals surface area contributed by atoms with E-state index in [0.717, 1.165) is 6.20 Å². The first-order valence-electron chi connectivity index (χ1n) is 4.22. The quantitative estimate of drug-likeness (QED) is 0.804. The van der Waals surface area contributed by atoms with E-state index >= 15 is 0 Å². The van der Waals surface area contributed by atoms with Crippen molar-refractivity contribution in [3.8, 4) is 5.75 Å². The van der Waals surface area contributed by atoms with E-state index in [0.29, 0.717) is 0 Å². The molecule has 1 aromatic heterocycles. The lowest BCUT2D eigenvalue weighted by Gasteiger charge is -2.10. The Hall–Kier alpha value is -1.43. The largest absolute Gasteiger partial charge is 0.506 e. The van der Waals surface area contributed by atoms with Crippen LogP contribution in [0.15, 0.2) is 6.20 Å². The predicted octanol–water partition coefficient (Wildman–Crippen LogP) is 2.09. The zero-order valence-corrected chi connectivity index (χ0v) is 8.71. The Morgan fingerprint density at radius 2 is 2.19 bits per heavy atom. The first kappa shape index (κ1) is 12.6. The molecule has 7 heteroatoms. The molecule has 1 heterocycles. The van der Waals surface area contributed by atoms with E-state index in [9.17, 15) is 18.7 Å². The van der Waals surface area contributed by atoms with Gasteiger partial charge < -0.3 is 10.2 Å². The van der Waals surface area contributed by atoms with E-state index in [1.165, 1.54) is 0 Å². The van der Waals surface area contributed by atoms with Crippen LogP contribution >= 0.6 is 11.6 Å². The van der Waals surface area contributed by atoms with Gasteiger partial charge in [-0.3, -0.25) is 9.78 Å². The van der Waals surface area contributed by atoms with E-state index in [4.69, 9.17) is 16.7 Å². The number of carboxylic acids is 1. The van der Waals surface area contributed by atoms with Gasteiger partial charge in [0.2, 0.25) is 0 Å². The molecule has 0 spiro atoms. The Bertz CT molecular complexity index is 412. The van der Waals surface area contributed by atoms with Gasteiger partial charge in [-0.2, -0.15) is 0 Å². The van der Waals surface area contributed by atoms with Gasteiger partial charge in [-0.05, 0) is 0 Å². The fourth-order valence-electron chi connectivity index (χ4n) is 1.20. The maximum absolute atomic E-state index is 12.5. The maximum atomic E-state index is 12.5. The Kier molecular flexibility index (Phi) is 4.00. The van der Waals surface area contributed by atoms with Crippen molar-refractivity contribution in [1.82, 2.24) is 4.98 Å². The molecule has 0 unspecified atom stereocenters. The topological polar surface area (TPSA) is 70.4 Å². The highest BCUT2D eigenvalue weighted by Gasteiger charge is 2.20. The molecular weight excluding hydrogens is 244 g/mol. The number of aromatic hydroxyl groups is 1. The lowest BCUT2D eigenvalue weighted by atomic mass is 10.1. The molecule has 0 radical (unpaired) electrons. The average Bonchev–Trinajstić information content (AvgIpc) is 2.19. The van der Waals surface area contributed by atoms with Gasteiger partial charge in [-0.25, -0.2) is 8.78 Å². The van der Waals surface area contributed by atoms with Gasteiger partial charge in [0, 0.05) is 17.3 Å². The first-order chi connectivity index (χ1) is 7.47. The third kappa shape index (κ3) is 2.57. The van der Waals surface area contributed by atoms with Crippen molar-refractivity contribution < 1.29 is 23.8 Å². The Morgan fingerprint density at radius 3 is 2.62 bits per heavy atom. The van der Waals surface area contributed by atoms with Crippen molar-refractivity contribution >= 4 is 17.6 Å². The van der Waals surface area contributed by atoms with Crippen molar-refractivity contribution in [3.63, 3.8) is 0 Å². The summed E-state index contributed by atoms with van der Waals surface area (Å²) >= 11 is 5.42. The molecule has 4 nitrogen and oxygen atoms in total. The molecule has 0 aliphatic heterocycles. The zero-order valence-electron chi connectivity index (χ0n) is 7.95. The number of alkyl halides is 3. The molecule has 1 aromatic rings. The van der Waals surface area contributed by atoms with Crippen molar-refractivity contribution in [2.45, 2.75) is 18.7 Å². The molecule has 0 atom stereocenters. The summed E-state index contributed by atoms with van der Waals surface area (Å²) in [4.78, 5) is 13.9. The van der Waals surface area contributed by atoms with E-state index in [2.05, 4.69) is 4.98 Å².